The van der Waals surface area contributed by atoms with E-state index in [0.29, 0.717) is 5.56 Å². The lowest BCUT2D eigenvalue weighted by Crippen LogP contribution is -2.15. The van der Waals surface area contributed by atoms with Crippen LogP contribution in [0.1, 0.15) is 21.5 Å². The summed E-state index contributed by atoms with van der Waals surface area (Å²) in [5.74, 6) is -1.21. The van der Waals surface area contributed by atoms with Crippen LogP contribution in [-0.2, 0) is 0 Å². The Morgan fingerprint density at radius 3 is 2.37 bits per heavy atom. The van der Waals surface area contributed by atoms with Gasteiger partial charge in [0, 0.05) is 11.6 Å². The number of aryl methyl sites for hydroxylation is 2. The number of aromatic hydroxyl groups is 1. The molecule has 0 aliphatic rings. The Bertz CT molecular complexity index is 618. The molecule has 1 amide bonds. The lowest BCUT2D eigenvalue weighted by atomic mass is 10.0. The second kappa shape index (κ2) is 5.10. The third-order valence-electron chi connectivity index (χ3n) is 2.91. The van der Waals surface area contributed by atoms with Crippen molar-refractivity contribution >= 4 is 11.6 Å². The molecule has 2 aromatic carbocycles. The fourth-order valence-electron chi connectivity index (χ4n) is 1.96. The smallest absolute Gasteiger partial charge is 0.256 e. The van der Waals surface area contributed by atoms with Crippen molar-refractivity contribution < 1.29 is 14.3 Å². The van der Waals surface area contributed by atoms with Crippen molar-refractivity contribution in [2.24, 2.45) is 0 Å². The zero-order chi connectivity index (χ0) is 14.0. The van der Waals surface area contributed by atoms with Crippen LogP contribution in [0.25, 0.3) is 0 Å². The van der Waals surface area contributed by atoms with E-state index in [1.165, 1.54) is 12.1 Å². The van der Waals surface area contributed by atoms with Crippen LogP contribution in [0.15, 0.2) is 36.4 Å². The molecule has 0 bridgehead atoms. The van der Waals surface area contributed by atoms with Gasteiger partial charge in [0.1, 0.15) is 11.6 Å². The highest BCUT2D eigenvalue weighted by molar-refractivity contribution is 6.06. The number of carbonyl (C=O) groups excluding carboxylic acids is 1. The molecular formula is C15H14FNO2. The number of phenolic OH excluding ortho intramolecular Hbond substituents is 1. The quantitative estimate of drug-likeness (QED) is 0.812. The maximum absolute atomic E-state index is 13.6. The van der Waals surface area contributed by atoms with Crippen LogP contribution < -0.4 is 5.32 Å². The fraction of sp³-hybridized carbons (Fsp3) is 0.133. The molecule has 2 rings (SSSR count). The molecule has 0 unspecified atom stereocenters. The molecule has 0 saturated carbocycles. The summed E-state index contributed by atoms with van der Waals surface area (Å²) >= 11 is 0. The average molecular weight is 259 g/mol. The third-order valence-corrected chi connectivity index (χ3v) is 2.91. The molecule has 2 aromatic rings. The monoisotopic (exact) mass is 259 g/mol. The molecule has 98 valence electrons. The standard InChI is InChI=1S/C15H14FNO2/c1-9-4-3-5-10(2)14(9)15(19)17-13-7-6-11(18)8-12(13)16/h3-8,18H,1-2H3,(H,17,19). The van der Waals surface area contributed by atoms with Crippen molar-refractivity contribution in [3.05, 3.63) is 58.9 Å². The van der Waals surface area contributed by atoms with Crippen molar-refractivity contribution in [1.82, 2.24) is 0 Å². The molecule has 0 aliphatic carbocycles. The molecule has 0 saturated heterocycles. The van der Waals surface area contributed by atoms with E-state index in [0.717, 1.165) is 17.2 Å². The van der Waals surface area contributed by atoms with Crippen LogP contribution in [0.2, 0.25) is 0 Å². The fourth-order valence-corrected chi connectivity index (χ4v) is 1.96. The Morgan fingerprint density at radius 2 is 1.79 bits per heavy atom. The van der Waals surface area contributed by atoms with Crippen molar-refractivity contribution in [3.8, 4) is 5.75 Å². The van der Waals surface area contributed by atoms with E-state index in [1.807, 2.05) is 32.0 Å². The summed E-state index contributed by atoms with van der Waals surface area (Å²) in [5.41, 5.74) is 2.24. The van der Waals surface area contributed by atoms with E-state index in [4.69, 9.17) is 5.11 Å². The first-order valence-corrected chi connectivity index (χ1v) is 5.85. The highest BCUT2D eigenvalue weighted by Gasteiger charge is 2.14. The van der Waals surface area contributed by atoms with E-state index in [-0.39, 0.29) is 17.3 Å². The number of rotatable bonds is 2. The summed E-state index contributed by atoms with van der Waals surface area (Å²) in [6, 6.07) is 9.13. The van der Waals surface area contributed by atoms with Crippen LogP contribution in [0.5, 0.6) is 5.75 Å². The maximum atomic E-state index is 13.6. The van der Waals surface area contributed by atoms with Gasteiger partial charge in [-0.25, -0.2) is 4.39 Å². The van der Waals surface area contributed by atoms with Gasteiger partial charge in [0.05, 0.1) is 5.69 Å². The lowest BCUT2D eigenvalue weighted by Gasteiger charge is -2.11. The van der Waals surface area contributed by atoms with Crippen molar-refractivity contribution in [2.75, 3.05) is 5.32 Å². The molecule has 2 N–H and O–H groups in total. The Labute approximate surface area is 110 Å². The number of hydrogen-bond acceptors (Lipinski definition) is 2. The van der Waals surface area contributed by atoms with E-state index >= 15 is 0 Å². The van der Waals surface area contributed by atoms with Crippen LogP contribution in [0.4, 0.5) is 10.1 Å². The summed E-state index contributed by atoms with van der Waals surface area (Å²) < 4.78 is 13.6. The zero-order valence-corrected chi connectivity index (χ0v) is 10.7. The van der Waals surface area contributed by atoms with Gasteiger partial charge in [0.25, 0.3) is 5.91 Å². The predicted molar refractivity (Wildman–Crippen MR) is 71.9 cm³/mol. The first kappa shape index (κ1) is 13.1. The first-order valence-electron chi connectivity index (χ1n) is 5.85. The number of phenols is 1. The Hall–Kier alpha value is -2.36. The average Bonchev–Trinajstić information content (AvgIpc) is 2.32. The van der Waals surface area contributed by atoms with E-state index in [9.17, 15) is 9.18 Å². The second-order valence-electron chi connectivity index (χ2n) is 4.39. The van der Waals surface area contributed by atoms with Gasteiger partial charge in [0.15, 0.2) is 0 Å². The minimum absolute atomic E-state index is 0.0467. The first-order chi connectivity index (χ1) is 8.99. The van der Waals surface area contributed by atoms with Gasteiger partial charge in [0.2, 0.25) is 0 Å². The van der Waals surface area contributed by atoms with Gasteiger partial charge >= 0.3 is 0 Å². The van der Waals surface area contributed by atoms with Gasteiger partial charge in [-0.2, -0.15) is 0 Å². The molecule has 3 nitrogen and oxygen atoms in total. The molecule has 0 heterocycles. The summed E-state index contributed by atoms with van der Waals surface area (Å²) in [6.45, 7) is 3.66. The highest BCUT2D eigenvalue weighted by atomic mass is 19.1. The van der Waals surface area contributed by atoms with E-state index in [1.54, 1.807) is 0 Å². The molecule has 0 atom stereocenters. The van der Waals surface area contributed by atoms with E-state index in [2.05, 4.69) is 5.32 Å². The third kappa shape index (κ3) is 2.73. The summed E-state index contributed by atoms with van der Waals surface area (Å²) in [7, 11) is 0. The van der Waals surface area contributed by atoms with Gasteiger partial charge in [-0.05, 0) is 37.1 Å². The molecule has 0 aliphatic heterocycles. The largest absolute Gasteiger partial charge is 0.508 e. The minimum Gasteiger partial charge on any atom is -0.508 e. The normalized spacial score (nSPS) is 10.3. The van der Waals surface area contributed by atoms with Crippen LogP contribution in [0.3, 0.4) is 0 Å². The lowest BCUT2D eigenvalue weighted by molar-refractivity contribution is 0.102. The number of halogens is 1. The number of hydrogen-bond donors (Lipinski definition) is 2. The van der Waals surface area contributed by atoms with Crippen LogP contribution in [-0.4, -0.2) is 11.0 Å². The number of nitrogens with one attached hydrogen (secondary N) is 1. The highest BCUT2D eigenvalue weighted by Crippen LogP contribution is 2.21. The Balaban J connectivity index is 2.31. The van der Waals surface area contributed by atoms with E-state index < -0.39 is 5.82 Å². The van der Waals surface area contributed by atoms with Crippen LogP contribution in [0, 0.1) is 19.7 Å². The molecule has 4 heteroatoms. The van der Waals surface area contributed by atoms with Crippen molar-refractivity contribution in [1.29, 1.82) is 0 Å². The van der Waals surface area contributed by atoms with Gasteiger partial charge < -0.3 is 10.4 Å². The van der Waals surface area contributed by atoms with Gasteiger partial charge in [-0.3, -0.25) is 4.79 Å². The number of anilines is 1. The van der Waals surface area contributed by atoms with Gasteiger partial charge in [-0.15, -0.1) is 0 Å². The molecule has 0 fully saturated rings. The van der Waals surface area contributed by atoms with Gasteiger partial charge in [-0.1, -0.05) is 18.2 Å². The second-order valence-corrected chi connectivity index (χ2v) is 4.39. The summed E-state index contributed by atoms with van der Waals surface area (Å²) in [5, 5.41) is 11.6. The number of benzene rings is 2. The molecule has 0 aromatic heterocycles. The SMILES string of the molecule is Cc1cccc(C)c1C(=O)Nc1ccc(O)cc1F. The summed E-state index contributed by atoms with van der Waals surface area (Å²) in [6.07, 6.45) is 0. The Morgan fingerprint density at radius 1 is 1.16 bits per heavy atom. The predicted octanol–water partition coefficient (Wildman–Crippen LogP) is 3.40. The van der Waals surface area contributed by atoms with Crippen molar-refractivity contribution in [2.45, 2.75) is 13.8 Å². The summed E-state index contributed by atoms with van der Waals surface area (Å²) in [4.78, 5) is 12.2. The Kier molecular flexibility index (Phi) is 3.51. The molecule has 19 heavy (non-hydrogen) atoms. The van der Waals surface area contributed by atoms with Crippen LogP contribution >= 0.6 is 0 Å². The maximum Gasteiger partial charge on any atom is 0.256 e. The van der Waals surface area contributed by atoms with Crippen molar-refractivity contribution in [3.63, 3.8) is 0 Å². The minimum atomic E-state index is -0.667. The molecular weight excluding hydrogens is 245 g/mol. The topological polar surface area (TPSA) is 49.3 Å². The zero-order valence-electron chi connectivity index (χ0n) is 10.7. The number of amides is 1. The molecule has 0 spiro atoms. The number of carbonyl (C=O) groups is 1. The molecule has 0 radical (unpaired) electrons.